The highest BCUT2D eigenvalue weighted by Crippen LogP contribution is 2.33. The van der Waals surface area contributed by atoms with E-state index < -0.39 is 0 Å². The summed E-state index contributed by atoms with van der Waals surface area (Å²) in [6.07, 6.45) is 4.65. The largest absolute Gasteiger partial charge is 0.467 e. The molecule has 2 aromatic heterocycles. The molecule has 1 amide bonds. The van der Waals surface area contributed by atoms with Gasteiger partial charge in [-0.3, -0.25) is 4.79 Å². The first kappa shape index (κ1) is 15.0. The van der Waals surface area contributed by atoms with Gasteiger partial charge in [0.1, 0.15) is 12.0 Å². The molecule has 1 fully saturated rings. The van der Waals surface area contributed by atoms with E-state index in [1.165, 1.54) is 11.6 Å². The molecule has 0 bridgehead atoms. The third kappa shape index (κ3) is 2.61. The van der Waals surface area contributed by atoms with Crippen molar-refractivity contribution in [1.29, 1.82) is 0 Å². The molecule has 0 aliphatic carbocycles. The first-order chi connectivity index (χ1) is 11.8. The Morgan fingerprint density at radius 3 is 2.96 bits per heavy atom. The lowest BCUT2D eigenvalue weighted by Gasteiger charge is -2.35. The summed E-state index contributed by atoms with van der Waals surface area (Å²) in [6, 6.07) is 12.2. The maximum absolute atomic E-state index is 12.9. The van der Waals surface area contributed by atoms with Crippen LogP contribution in [0.1, 0.15) is 47.1 Å². The minimum atomic E-state index is 0.0156. The second-order valence-corrected chi connectivity index (χ2v) is 6.33. The zero-order valence-electron chi connectivity index (χ0n) is 13.5. The second kappa shape index (κ2) is 6.17. The molecule has 1 aliphatic rings. The van der Waals surface area contributed by atoms with Crippen LogP contribution < -0.4 is 5.73 Å². The Hall–Kier alpha value is -2.53. The molecule has 1 saturated heterocycles. The van der Waals surface area contributed by atoms with Gasteiger partial charge in [0.05, 0.1) is 18.2 Å². The van der Waals surface area contributed by atoms with Crippen molar-refractivity contribution in [1.82, 2.24) is 9.88 Å². The number of benzene rings is 1. The lowest BCUT2D eigenvalue weighted by Crippen LogP contribution is -2.38. The highest BCUT2D eigenvalue weighted by atomic mass is 16.3. The van der Waals surface area contributed by atoms with Crippen molar-refractivity contribution < 1.29 is 9.21 Å². The molecule has 3 aromatic rings. The van der Waals surface area contributed by atoms with E-state index in [4.69, 9.17) is 10.2 Å². The molecule has 1 aliphatic heterocycles. The summed E-state index contributed by atoms with van der Waals surface area (Å²) in [6.45, 7) is 1.07. The van der Waals surface area contributed by atoms with Gasteiger partial charge in [0.15, 0.2) is 0 Å². The Morgan fingerprint density at radius 2 is 2.17 bits per heavy atom. The van der Waals surface area contributed by atoms with Crippen molar-refractivity contribution in [2.75, 3.05) is 6.54 Å². The van der Waals surface area contributed by atoms with Crippen molar-refractivity contribution in [3.05, 3.63) is 59.7 Å². The van der Waals surface area contributed by atoms with Crippen LogP contribution in [0.4, 0.5) is 0 Å². The average molecular weight is 323 g/mol. The first-order valence-corrected chi connectivity index (χ1v) is 8.42. The van der Waals surface area contributed by atoms with Crippen LogP contribution in [0.5, 0.6) is 0 Å². The van der Waals surface area contributed by atoms with Gasteiger partial charge in [0, 0.05) is 17.8 Å². The summed E-state index contributed by atoms with van der Waals surface area (Å²) in [5.41, 5.74) is 8.38. The molecule has 1 aromatic carbocycles. The first-order valence-electron chi connectivity index (χ1n) is 8.42. The Balaban J connectivity index is 1.66. The maximum atomic E-state index is 12.9. The van der Waals surface area contributed by atoms with E-state index in [2.05, 4.69) is 23.2 Å². The van der Waals surface area contributed by atoms with Crippen molar-refractivity contribution in [3.8, 4) is 0 Å². The van der Waals surface area contributed by atoms with E-state index in [1.807, 2.05) is 17.0 Å². The Labute approximate surface area is 140 Å². The average Bonchev–Trinajstić information content (AvgIpc) is 3.27. The van der Waals surface area contributed by atoms with Gasteiger partial charge >= 0.3 is 0 Å². The number of nitrogens with zero attached hydrogens (tertiary/aromatic N) is 1. The number of rotatable bonds is 3. The molecule has 3 N–H and O–H groups in total. The van der Waals surface area contributed by atoms with Crippen LogP contribution >= 0.6 is 0 Å². The second-order valence-electron chi connectivity index (χ2n) is 6.33. The zero-order valence-corrected chi connectivity index (χ0v) is 13.5. The van der Waals surface area contributed by atoms with Crippen molar-refractivity contribution in [2.45, 2.75) is 31.8 Å². The van der Waals surface area contributed by atoms with Crippen molar-refractivity contribution >= 4 is 16.8 Å². The number of carbonyl (C=O) groups is 1. The molecule has 3 heterocycles. The number of amides is 1. The number of likely N-dealkylation sites (tertiary alicyclic amines) is 1. The van der Waals surface area contributed by atoms with E-state index in [0.29, 0.717) is 17.9 Å². The number of para-hydroxylation sites is 1. The number of hydrogen-bond acceptors (Lipinski definition) is 3. The number of nitrogens with one attached hydrogen (secondary N) is 1. The van der Waals surface area contributed by atoms with Crippen LogP contribution in [0, 0.1) is 0 Å². The molecule has 0 spiro atoms. The van der Waals surface area contributed by atoms with Gasteiger partial charge < -0.3 is 20.0 Å². The molecule has 1 atom stereocenters. The van der Waals surface area contributed by atoms with E-state index in [-0.39, 0.29) is 11.9 Å². The number of hydrogen-bond donors (Lipinski definition) is 2. The summed E-state index contributed by atoms with van der Waals surface area (Å²) >= 11 is 0. The normalized spacial score (nSPS) is 18.2. The number of nitrogens with two attached hydrogens (primary N) is 1. The molecular weight excluding hydrogens is 302 g/mol. The fraction of sp³-hybridized carbons (Fsp3) is 0.316. The van der Waals surface area contributed by atoms with Gasteiger partial charge in [0.2, 0.25) is 0 Å². The Bertz CT molecular complexity index is 831. The van der Waals surface area contributed by atoms with Crippen LogP contribution in [-0.2, 0) is 6.54 Å². The topological polar surface area (TPSA) is 75.3 Å². The number of furan rings is 1. The van der Waals surface area contributed by atoms with Gasteiger partial charge in [-0.2, -0.15) is 0 Å². The molecule has 5 nitrogen and oxygen atoms in total. The summed E-state index contributed by atoms with van der Waals surface area (Å²) in [5.74, 6) is 0.652. The SMILES string of the molecule is NCc1cc(C(=O)N2CCCCC2c2cc3ccccc3[nH]2)co1. The third-order valence-electron chi connectivity index (χ3n) is 4.78. The van der Waals surface area contributed by atoms with Crippen LogP contribution in [0.3, 0.4) is 0 Å². The van der Waals surface area contributed by atoms with Gasteiger partial charge in [-0.25, -0.2) is 0 Å². The lowest BCUT2D eigenvalue weighted by atomic mass is 9.98. The number of aromatic amines is 1. The fourth-order valence-electron chi connectivity index (χ4n) is 3.54. The quantitative estimate of drug-likeness (QED) is 0.773. The van der Waals surface area contributed by atoms with Crippen molar-refractivity contribution in [2.24, 2.45) is 5.73 Å². The standard InChI is InChI=1S/C19H21N3O2/c20-11-15-9-14(12-24-15)19(23)22-8-4-3-7-18(22)17-10-13-5-1-2-6-16(13)21-17/h1-2,5-6,9-10,12,18,21H,3-4,7-8,11,20H2. The zero-order chi connectivity index (χ0) is 16.5. The third-order valence-corrected chi connectivity index (χ3v) is 4.78. The summed E-state index contributed by atoms with van der Waals surface area (Å²) in [4.78, 5) is 18.4. The lowest BCUT2D eigenvalue weighted by molar-refractivity contribution is 0.0606. The van der Waals surface area contributed by atoms with Crippen LogP contribution in [-0.4, -0.2) is 22.3 Å². The highest BCUT2D eigenvalue weighted by molar-refractivity contribution is 5.94. The number of aromatic nitrogens is 1. The number of piperidine rings is 1. The molecule has 1 unspecified atom stereocenters. The van der Waals surface area contributed by atoms with Crippen molar-refractivity contribution in [3.63, 3.8) is 0 Å². The predicted octanol–water partition coefficient (Wildman–Crippen LogP) is 3.59. The van der Waals surface area contributed by atoms with Gasteiger partial charge in [0.25, 0.3) is 5.91 Å². The minimum absolute atomic E-state index is 0.0156. The van der Waals surface area contributed by atoms with E-state index in [1.54, 1.807) is 6.07 Å². The van der Waals surface area contributed by atoms with E-state index in [9.17, 15) is 4.79 Å². The smallest absolute Gasteiger partial charge is 0.257 e. The molecular formula is C19H21N3O2. The van der Waals surface area contributed by atoms with E-state index >= 15 is 0 Å². The van der Waals surface area contributed by atoms with Gasteiger partial charge in [-0.1, -0.05) is 18.2 Å². The monoisotopic (exact) mass is 323 g/mol. The molecule has 4 rings (SSSR count). The summed E-state index contributed by atoms with van der Waals surface area (Å²) in [7, 11) is 0. The van der Waals surface area contributed by atoms with Gasteiger partial charge in [-0.15, -0.1) is 0 Å². The van der Waals surface area contributed by atoms with Crippen LogP contribution in [0.25, 0.3) is 10.9 Å². The molecule has 24 heavy (non-hydrogen) atoms. The Kier molecular flexibility index (Phi) is 3.86. The maximum Gasteiger partial charge on any atom is 0.257 e. The molecule has 5 heteroatoms. The Morgan fingerprint density at radius 1 is 1.29 bits per heavy atom. The summed E-state index contributed by atoms with van der Waals surface area (Å²) < 4.78 is 5.33. The number of carbonyl (C=O) groups excluding carboxylic acids is 1. The molecule has 0 radical (unpaired) electrons. The highest BCUT2D eigenvalue weighted by Gasteiger charge is 2.30. The van der Waals surface area contributed by atoms with Crippen LogP contribution in [0.2, 0.25) is 0 Å². The number of fused-ring (bicyclic) bond motifs is 1. The predicted molar refractivity (Wildman–Crippen MR) is 92.5 cm³/mol. The molecule has 0 saturated carbocycles. The summed E-state index contributed by atoms with van der Waals surface area (Å²) in [5, 5.41) is 1.18. The van der Waals surface area contributed by atoms with Crippen LogP contribution in [0.15, 0.2) is 47.1 Å². The minimum Gasteiger partial charge on any atom is -0.467 e. The fourth-order valence-corrected chi connectivity index (χ4v) is 3.54. The molecule has 124 valence electrons. The number of H-pyrrole nitrogens is 1. The van der Waals surface area contributed by atoms with E-state index in [0.717, 1.165) is 37.0 Å². The van der Waals surface area contributed by atoms with Gasteiger partial charge in [-0.05, 0) is 42.8 Å².